The van der Waals surface area contributed by atoms with Gasteiger partial charge in [0.05, 0.1) is 15.8 Å². The van der Waals surface area contributed by atoms with Crippen LogP contribution in [0.3, 0.4) is 0 Å². The van der Waals surface area contributed by atoms with Gasteiger partial charge in [0.15, 0.2) is 0 Å². The highest BCUT2D eigenvalue weighted by molar-refractivity contribution is 7.89. The first-order valence-corrected chi connectivity index (χ1v) is 8.32. The van der Waals surface area contributed by atoms with E-state index in [1.165, 1.54) is 18.2 Å². The summed E-state index contributed by atoms with van der Waals surface area (Å²) in [5.41, 5.74) is 0.716. The standard InChI is InChI=1S/C14H11Cl2NO3S/c15-12-7-6-11(8-13(12)16)14(18)17-21(19,20)9-10-4-2-1-3-5-10/h1-8H,9H2,(H,17,18). The van der Waals surface area contributed by atoms with Crippen LogP contribution in [0, 0.1) is 0 Å². The quantitative estimate of drug-likeness (QED) is 0.926. The number of rotatable bonds is 4. The molecule has 0 spiro atoms. The fourth-order valence-electron chi connectivity index (χ4n) is 1.67. The van der Waals surface area contributed by atoms with Gasteiger partial charge in [-0.15, -0.1) is 0 Å². The molecule has 2 rings (SSSR count). The number of benzene rings is 2. The highest BCUT2D eigenvalue weighted by Gasteiger charge is 2.17. The van der Waals surface area contributed by atoms with Gasteiger partial charge in [-0.2, -0.15) is 0 Å². The topological polar surface area (TPSA) is 63.2 Å². The van der Waals surface area contributed by atoms with Crippen LogP contribution in [0.2, 0.25) is 10.0 Å². The van der Waals surface area contributed by atoms with Gasteiger partial charge in [-0.05, 0) is 23.8 Å². The van der Waals surface area contributed by atoms with Crippen molar-refractivity contribution in [1.29, 1.82) is 0 Å². The molecule has 7 heteroatoms. The maximum atomic E-state index is 11.9. The van der Waals surface area contributed by atoms with Crippen LogP contribution in [0.25, 0.3) is 0 Å². The predicted octanol–water partition coefficient (Wildman–Crippen LogP) is 3.25. The van der Waals surface area contributed by atoms with Crippen LogP contribution >= 0.6 is 23.2 Å². The van der Waals surface area contributed by atoms with E-state index in [4.69, 9.17) is 23.2 Å². The molecule has 0 aliphatic rings. The molecule has 0 heterocycles. The van der Waals surface area contributed by atoms with E-state index in [2.05, 4.69) is 0 Å². The van der Waals surface area contributed by atoms with E-state index in [9.17, 15) is 13.2 Å². The molecule has 0 fully saturated rings. The second kappa shape index (κ2) is 6.47. The van der Waals surface area contributed by atoms with Crippen molar-refractivity contribution in [2.24, 2.45) is 0 Å². The largest absolute Gasteiger partial charge is 0.268 e. The van der Waals surface area contributed by atoms with Gasteiger partial charge in [0.1, 0.15) is 0 Å². The van der Waals surface area contributed by atoms with Gasteiger partial charge in [0.2, 0.25) is 10.0 Å². The van der Waals surface area contributed by atoms with Crippen molar-refractivity contribution >= 4 is 39.1 Å². The van der Waals surface area contributed by atoms with Crippen LogP contribution < -0.4 is 4.72 Å². The second-order valence-electron chi connectivity index (χ2n) is 4.30. The third-order valence-electron chi connectivity index (χ3n) is 2.63. The monoisotopic (exact) mass is 343 g/mol. The first-order chi connectivity index (χ1) is 9.87. The van der Waals surface area contributed by atoms with E-state index >= 15 is 0 Å². The molecule has 0 saturated heterocycles. The Morgan fingerprint density at radius 2 is 1.67 bits per heavy atom. The third kappa shape index (κ3) is 4.46. The zero-order valence-electron chi connectivity index (χ0n) is 10.7. The fourth-order valence-corrected chi connectivity index (χ4v) is 3.07. The summed E-state index contributed by atoms with van der Waals surface area (Å²) in [6, 6.07) is 12.7. The number of halogens is 2. The number of carbonyl (C=O) groups excluding carboxylic acids is 1. The maximum absolute atomic E-state index is 11.9. The summed E-state index contributed by atoms with van der Waals surface area (Å²) in [6.45, 7) is 0. The number of carbonyl (C=O) groups is 1. The lowest BCUT2D eigenvalue weighted by Crippen LogP contribution is -2.31. The number of hydrogen-bond acceptors (Lipinski definition) is 3. The lowest BCUT2D eigenvalue weighted by atomic mass is 10.2. The minimum Gasteiger partial charge on any atom is -0.268 e. The van der Waals surface area contributed by atoms with E-state index in [1.54, 1.807) is 30.3 Å². The molecule has 0 bridgehead atoms. The molecule has 0 aliphatic carbocycles. The molecule has 2 aromatic carbocycles. The molecule has 1 N–H and O–H groups in total. The summed E-state index contributed by atoms with van der Waals surface area (Å²) in [5.74, 6) is -1.02. The van der Waals surface area contributed by atoms with Crippen LogP contribution in [-0.2, 0) is 15.8 Å². The summed E-state index contributed by atoms with van der Waals surface area (Å²) in [4.78, 5) is 11.9. The first kappa shape index (κ1) is 15.8. The van der Waals surface area contributed by atoms with Gasteiger partial charge < -0.3 is 0 Å². The molecule has 0 radical (unpaired) electrons. The zero-order valence-corrected chi connectivity index (χ0v) is 13.0. The Labute approximate surface area is 132 Å². The van der Waals surface area contributed by atoms with Crippen molar-refractivity contribution in [2.75, 3.05) is 0 Å². The van der Waals surface area contributed by atoms with Crippen molar-refractivity contribution in [3.8, 4) is 0 Å². The summed E-state index contributed by atoms with van der Waals surface area (Å²) in [6.07, 6.45) is 0. The molecular formula is C14H11Cl2NO3S. The van der Waals surface area contributed by atoms with Crippen molar-refractivity contribution in [1.82, 2.24) is 4.72 Å². The molecule has 0 unspecified atom stereocenters. The van der Waals surface area contributed by atoms with Crippen molar-refractivity contribution in [3.05, 3.63) is 69.7 Å². The Balaban J connectivity index is 2.12. The van der Waals surface area contributed by atoms with Gasteiger partial charge in [0, 0.05) is 5.56 Å². The molecule has 1 amide bonds. The maximum Gasteiger partial charge on any atom is 0.264 e. The zero-order chi connectivity index (χ0) is 15.5. The molecule has 0 aromatic heterocycles. The van der Waals surface area contributed by atoms with Crippen LogP contribution in [0.15, 0.2) is 48.5 Å². The Bertz CT molecular complexity index is 761. The summed E-state index contributed by atoms with van der Waals surface area (Å²) in [5, 5.41) is 0.477. The number of nitrogens with one attached hydrogen (secondary N) is 1. The smallest absolute Gasteiger partial charge is 0.264 e. The number of hydrogen-bond donors (Lipinski definition) is 1. The molecule has 4 nitrogen and oxygen atoms in total. The Morgan fingerprint density at radius 3 is 2.29 bits per heavy atom. The summed E-state index contributed by atoms with van der Waals surface area (Å²) < 4.78 is 25.9. The average molecular weight is 344 g/mol. The van der Waals surface area contributed by atoms with Gasteiger partial charge in [-0.1, -0.05) is 53.5 Å². The van der Waals surface area contributed by atoms with Gasteiger partial charge in [-0.25, -0.2) is 13.1 Å². The summed E-state index contributed by atoms with van der Waals surface area (Å²) in [7, 11) is -3.78. The lowest BCUT2D eigenvalue weighted by molar-refractivity contribution is 0.0981. The van der Waals surface area contributed by atoms with Crippen molar-refractivity contribution < 1.29 is 13.2 Å². The van der Waals surface area contributed by atoms with E-state index in [-0.39, 0.29) is 16.3 Å². The van der Waals surface area contributed by atoms with Gasteiger partial charge in [-0.3, -0.25) is 4.79 Å². The highest BCUT2D eigenvalue weighted by Crippen LogP contribution is 2.22. The van der Waals surface area contributed by atoms with Crippen molar-refractivity contribution in [2.45, 2.75) is 5.75 Å². The molecule has 110 valence electrons. The molecule has 0 aliphatic heterocycles. The molecule has 2 aromatic rings. The Hall–Kier alpha value is -1.56. The van der Waals surface area contributed by atoms with Gasteiger partial charge >= 0.3 is 0 Å². The van der Waals surface area contributed by atoms with E-state index in [0.717, 1.165) is 0 Å². The average Bonchev–Trinajstić information content (AvgIpc) is 2.41. The minimum absolute atomic E-state index is 0.126. The third-order valence-corrected chi connectivity index (χ3v) is 4.58. The highest BCUT2D eigenvalue weighted by atomic mass is 35.5. The Morgan fingerprint density at radius 1 is 1.00 bits per heavy atom. The second-order valence-corrected chi connectivity index (χ2v) is 6.84. The lowest BCUT2D eigenvalue weighted by Gasteiger charge is -2.07. The Kier molecular flexibility index (Phi) is 4.88. The molecule has 0 saturated carbocycles. The predicted molar refractivity (Wildman–Crippen MR) is 83.0 cm³/mol. The van der Waals surface area contributed by atoms with Crippen molar-refractivity contribution in [3.63, 3.8) is 0 Å². The van der Waals surface area contributed by atoms with E-state index in [1.807, 2.05) is 4.72 Å². The van der Waals surface area contributed by atoms with Crippen LogP contribution in [0.5, 0.6) is 0 Å². The minimum atomic E-state index is -3.78. The first-order valence-electron chi connectivity index (χ1n) is 5.91. The van der Waals surface area contributed by atoms with Gasteiger partial charge in [0.25, 0.3) is 5.91 Å². The normalized spacial score (nSPS) is 11.1. The summed E-state index contributed by atoms with van der Waals surface area (Å²) >= 11 is 11.5. The number of sulfonamides is 1. The van der Waals surface area contributed by atoms with Crippen LogP contribution in [-0.4, -0.2) is 14.3 Å². The van der Waals surface area contributed by atoms with E-state index in [0.29, 0.717) is 10.6 Å². The molecule has 0 atom stereocenters. The van der Waals surface area contributed by atoms with Crippen LogP contribution in [0.1, 0.15) is 15.9 Å². The fraction of sp³-hybridized carbons (Fsp3) is 0.0714. The molecular weight excluding hydrogens is 333 g/mol. The van der Waals surface area contributed by atoms with E-state index < -0.39 is 15.9 Å². The van der Waals surface area contributed by atoms with Crippen LogP contribution in [0.4, 0.5) is 0 Å². The SMILES string of the molecule is O=C(NS(=O)(=O)Cc1ccccc1)c1ccc(Cl)c(Cl)c1. The molecule has 21 heavy (non-hydrogen) atoms. The number of amides is 1.